The molecule has 30 heavy (non-hydrogen) atoms. The highest BCUT2D eigenvalue weighted by molar-refractivity contribution is 5.94. The number of amides is 1. The van der Waals surface area contributed by atoms with Crippen LogP contribution in [0.5, 0.6) is 5.75 Å². The van der Waals surface area contributed by atoms with E-state index in [-0.39, 0.29) is 11.9 Å². The van der Waals surface area contributed by atoms with Gasteiger partial charge >= 0.3 is 0 Å². The molecule has 1 saturated heterocycles. The largest absolute Gasteiger partial charge is 0.497 e. The van der Waals surface area contributed by atoms with Crippen molar-refractivity contribution < 1.29 is 9.53 Å². The van der Waals surface area contributed by atoms with Crippen molar-refractivity contribution in [2.45, 2.75) is 25.3 Å². The molecule has 3 rings (SSSR count). The summed E-state index contributed by atoms with van der Waals surface area (Å²) in [7, 11) is 5.79. The van der Waals surface area contributed by atoms with Crippen LogP contribution in [0.15, 0.2) is 48.8 Å². The second-order valence-corrected chi connectivity index (χ2v) is 8.21. The maximum Gasteiger partial charge on any atom is 0.255 e. The Hall–Kier alpha value is -2.44. The van der Waals surface area contributed by atoms with Crippen molar-refractivity contribution in [3.8, 4) is 5.75 Å². The molecule has 0 atom stereocenters. The summed E-state index contributed by atoms with van der Waals surface area (Å²) in [6.45, 7) is 4.72. The fourth-order valence-electron chi connectivity index (χ4n) is 3.95. The molecule has 6 nitrogen and oxygen atoms in total. The highest BCUT2D eigenvalue weighted by Crippen LogP contribution is 2.20. The molecule has 162 valence electrons. The van der Waals surface area contributed by atoms with Crippen LogP contribution in [0.25, 0.3) is 0 Å². The molecule has 1 aromatic carbocycles. The lowest BCUT2D eigenvalue weighted by molar-refractivity contribution is 0.0556. The van der Waals surface area contributed by atoms with E-state index in [0.717, 1.165) is 57.7 Å². The van der Waals surface area contributed by atoms with Crippen LogP contribution >= 0.6 is 0 Å². The van der Waals surface area contributed by atoms with Gasteiger partial charge in [-0.05, 0) is 63.2 Å². The first kappa shape index (κ1) is 22.2. The molecule has 0 radical (unpaired) electrons. The minimum absolute atomic E-state index is 0.0987. The molecule has 0 spiro atoms. The van der Waals surface area contributed by atoms with E-state index >= 15 is 0 Å². The zero-order valence-corrected chi connectivity index (χ0v) is 18.5. The van der Waals surface area contributed by atoms with E-state index in [9.17, 15) is 4.79 Å². The summed E-state index contributed by atoms with van der Waals surface area (Å²) < 4.78 is 5.23. The van der Waals surface area contributed by atoms with E-state index in [4.69, 9.17) is 4.74 Å². The molecule has 1 fully saturated rings. The molecule has 2 heterocycles. The van der Waals surface area contributed by atoms with Gasteiger partial charge < -0.3 is 19.4 Å². The van der Waals surface area contributed by atoms with Crippen LogP contribution in [0.1, 0.15) is 28.8 Å². The van der Waals surface area contributed by atoms with Crippen LogP contribution < -0.4 is 4.74 Å². The van der Waals surface area contributed by atoms with E-state index in [1.165, 1.54) is 5.56 Å². The van der Waals surface area contributed by atoms with Gasteiger partial charge in [-0.3, -0.25) is 9.78 Å². The average Bonchev–Trinajstić information content (AvgIpc) is 2.79. The molecule has 0 saturated carbocycles. The maximum atomic E-state index is 13.1. The Kier molecular flexibility index (Phi) is 8.22. The fraction of sp³-hybridized carbons (Fsp3) is 0.500. The number of rotatable bonds is 9. The van der Waals surface area contributed by atoms with Gasteiger partial charge in [0.15, 0.2) is 0 Å². The molecular formula is C24H34N4O2. The third-order valence-electron chi connectivity index (χ3n) is 5.83. The van der Waals surface area contributed by atoms with Crippen molar-refractivity contribution >= 4 is 5.91 Å². The number of likely N-dealkylation sites (tertiary alicyclic amines) is 1. The number of carbonyl (C=O) groups excluding carboxylic acids is 1. The normalized spacial score (nSPS) is 15.3. The minimum atomic E-state index is 0.0987. The number of hydrogen-bond donors (Lipinski definition) is 0. The van der Waals surface area contributed by atoms with Gasteiger partial charge in [0.05, 0.1) is 12.7 Å². The lowest BCUT2D eigenvalue weighted by atomic mass is 10.0. The van der Waals surface area contributed by atoms with Gasteiger partial charge in [-0.15, -0.1) is 0 Å². The number of benzene rings is 1. The smallest absolute Gasteiger partial charge is 0.255 e. The number of carbonyl (C=O) groups is 1. The van der Waals surface area contributed by atoms with Gasteiger partial charge in [-0.1, -0.05) is 12.1 Å². The first-order valence-corrected chi connectivity index (χ1v) is 10.8. The van der Waals surface area contributed by atoms with Gasteiger partial charge in [0.2, 0.25) is 0 Å². The van der Waals surface area contributed by atoms with Crippen LogP contribution in [-0.4, -0.2) is 85.6 Å². The van der Waals surface area contributed by atoms with Crippen molar-refractivity contribution in [1.29, 1.82) is 0 Å². The summed E-state index contributed by atoms with van der Waals surface area (Å²) in [4.78, 5) is 24.0. The second-order valence-electron chi connectivity index (χ2n) is 8.21. The highest BCUT2D eigenvalue weighted by Gasteiger charge is 2.28. The standard InChI is InChI=1S/C24H34N4O2/c1-26(2)17-18-28(24(29)21-5-4-13-25-19-21)22-11-15-27(16-12-22)14-10-20-6-8-23(30-3)9-7-20/h4-9,13,19,22H,10-12,14-18H2,1-3H3. The number of hydrogen-bond acceptors (Lipinski definition) is 5. The summed E-state index contributed by atoms with van der Waals surface area (Å²) >= 11 is 0. The van der Waals surface area contributed by atoms with Crippen LogP contribution in [0, 0.1) is 0 Å². The number of pyridine rings is 1. The summed E-state index contributed by atoms with van der Waals surface area (Å²) in [6, 6.07) is 12.3. The molecule has 2 aromatic rings. The summed E-state index contributed by atoms with van der Waals surface area (Å²) in [6.07, 6.45) is 6.45. The van der Waals surface area contributed by atoms with Gasteiger partial charge in [-0.25, -0.2) is 0 Å². The van der Waals surface area contributed by atoms with Crippen LogP contribution in [0.4, 0.5) is 0 Å². The van der Waals surface area contributed by atoms with E-state index in [1.807, 2.05) is 24.3 Å². The predicted octanol–water partition coefficient (Wildman–Crippen LogP) is 2.80. The predicted molar refractivity (Wildman–Crippen MR) is 120 cm³/mol. The molecule has 1 aliphatic rings. The topological polar surface area (TPSA) is 48.9 Å². The second kappa shape index (κ2) is 11.1. The van der Waals surface area contributed by atoms with Crippen LogP contribution in [-0.2, 0) is 6.42 Å². The molecule has 1 amide bonds. The number of methoxy groups -OCH3 is 1. The van der Waals surface area contributed by atoms with Crippen molar-refractivity contribution in [3.05, 3.63) is 59.9 Å². The third kappa shape index (κ3) is 6.28. The Morgan fingerprint density at radius 2 is 1.87 bits per heavy atom. The Morgan fingerprint density at radius 3 is 2.47 bits per heavy atom. The molecule has 1 aromatic heterocycles. The van der Waals surface area contributed by atoms with Crippen molar-refractivity contribution in [1.82, 2.24) is 19.7 Å². The molecule has 0 bridgehead atoms. The van der Waals surface area contributed by atoms with Crippen molar-refractivity contribution in [2.24, 2.45) is 0 Å². The van der Waals surface area contributed by atoms with Crippen LogP contribution in [0.3, 0.4) is 0 Å². The molecular weight excluding hydrogens is 376 g/mol. The first-order valence-electron chi connectivity index (χ1n) is 10.8. The Balaban J connectivity index is 1.54. The quantitative estimate of drug-likeness (QED) is 0.636. The molecule has 6 heteroatoms. The molecule has 0 N–H and O–H groups in total. The van der Waals surface area contributed by atoms with E-state index in [2.05, 4.69) is 45.9 Å². The number of aromatic nitrogens is 1. The van der Waals surface area contributed by atoms with Crippen molar-refractivity contribution in [2.75, 3.05) is 53.9 Å². The van der Waals surface area contributed by atoms with Crippen molar-refractivity contribution in [3.63, 3.8) is 0 Å². The van der Waals surface area contributed by atoms with E-state index in [0.29, 0.717) is 5.56 Å². The Bertz CT molecular complexity index is 772. The Labute approximate surface area is 180 Å². The van der Waals surface area contributed by atoms with Gasteiger partial charge in [0.1, 0.15) is 5.75 Å². The zero-order valence-electron chi connectivity index (χ0n) is 18.5. The highest BCUT2D eigenvalue weighted by atomic mass is 16.5. The maximum absolute atomic E-state index is 13.1. The third-order valence-corrected chi connectivity index (χ3v) is 5.83. The fourth-order valence-corrected chi connectivity index (χ4v) is 3.95. The molecule has 1 aliphatic heterocycles. The summed E-state index contributed by atoms with van der Waals surface area (Å²) in [5, 5.41) is 0. The van der Waals surface area contributed by atoms with Crippen LogP contribution in [0.2, 0.25) is 0 Å². The van der Waals surface area contributed by atoms with E-state index in [1.54, 1.807) is 19.5 Å². The summed E-state index contributed by atoms with van der Waals surface area (Å²) in [5.41, 5.74) is 2.01. The SMILES string of the molecule is COc1ccc(CCN2CCC(N(CCN(C)C)C(=O)c3cccnc3)CC2)cc1. The van der Waals surface area contributed by atoms with Gasteiger partial charge in [0, 0.05) is 51.2 Å². The number of nitrogens with zero attached hydrogens (tertiary/aromatic N) is 4. The zero-order chi connectivity index (χ0) is 21.3. The summed E-state index contributed by atoms with van der Waals surface area (Å²) in [5.74, 6) is 0.997. The minimum Gasteiger partial charge on any atom is -0.497 e. The molecule has 0 aliphatic carbocycles. The van der Waals surface area contributed by atoms with Gasteiger partial charge in [0.25, 0.3) is 5.91 Å². The Morgan fingerprint density at radius 1 is 1.13 bits per heavy atom. The monoisotopic (exact) mass is 410 g/mol. The number of likely N-dealkylation sites (N-methyl/N-ethyl adjacent to an activating group) is 1. The van der Waals surface area contributed by atoms with Gasteiger partial charge in [-0.2, -0.15) is 0 Å². The average molecular weight is 411 g/mol. The lowest BCUT2D eigenvalue weighted by Crippen LogP contribution is -2.49. The number of piperidine rings is 1. The van der Waals surface area contributed by atoms with E-state index < -0.39 is 0 Å². The lowest BCUT2D eigenvalue weighted by Gasteiger charge is -2.39. The number of ether oxygens (including phenoxy) is 1. The first-order chi connectivity index (χ1) is 14.6. The molecule has 0 unspecified atom stereocenters.